The van der Waals surface area contributed by atoms with Crippen LogP contribution in [0.4, 0.5) is 0 Å². The van der Waals surface area contributed by atoms with Gasteiger partial charge in [0.15, 0.2) is 0 Å². The first-order valence-electron chi connectivity index (χ1n) is 5.41. The molecule has 0 heteroatoms. The van der Waals surface area contributed by atoms with E-state index < -0.39 is 0 Å². The van der Waals surface area contributed by atoms with Crippen molar-refractivity contribution in [1.29, 1.82) is 0 Å². The molecule has 0 N–H and O–H groups in total. The summed E-state index contributed by atoms with van der Waals surface area (Å²) in [5.41, 5.74) is 6.08. The molecule has 0 bridgehead atoms. The van der Waals surface area contributed by atoms with Crippen molar-refractivity contribution in [3.63, 3.8) is 0 Å². The van der Waals surface area contributed by atoms with Gasteiger partial charge in [-0.1, -0.05) is 36.4 Å². The highest BCUT2D eigenvalue weighted by Crippen LogP contribution is 2.33. The second-order valence-corrected chi connectivity index (χ2v) is 4.17. The van der Waals surface area contributed by atoms with E-state index in [1.54, 1.807) is 11.1 Å². The van der Waals surface area contributed by atoms with E-state index in [1.165, 1.54) is 30.4 Å². The lowest BCUT2D eigenvalue weighted by molar-refractivity contribution is 0.906. The summed E-state index contributed by atoms with van der Waals surface area (Å²) in [4.78, 5) is 0. The highest BCUT2D eigenvalue weighted by atomic mass is 14.2. The van der Waals surface area contributed by atoms with Crippen LogP contribution in [0, 0.1) is 0 Å². The number of benzene rings is 1. The van der Waals surface area contributed by atoms with Crippen molar-refractivity contribution >= 4 is 6.08 Å². The third-order valence-corrected chi connectivity index (χ3v) is 3.22. The number of rotatable bonds is 1. The fraction of sp³-hybridized carbons (Fsp3) is 0.286. The van der Waals surface area contributed by atoms with Gasteiger partial charge in [-0.15, -0.1) is 0 Å². The Morgan fingerprint density at radius 1 is 1.00 bits per heavy atom. The Balaban J connectivity index is 1.95. The minimum Gasteiger partial charge on any atom is -0.0810 e. The topological polar surface area (TPSA) is 0 Å². The quantitative estimate of drug-likeness (QED) is 0.620. The molecule has 1 aromatic carbocycles. The van der Waals surface area contributed by atoms with Gasteiger partial charge in [-0.25, -0.2) is 0 Å². The summed E-state index contributed by atoms with van der Waals surface area (Å²) < 4.78 is 0. The second kappa shape index (κ2) is 3.13. The van der Waals surface area contributed by atoms with Crippen molar-refractivity contribution in [2.24, 2.45) is 0 Å². The summed E-state index contributed by atoms with van der Waals surface area (Å²) in [6.45, 7) is 0. The molecule has 0 aliphatic heterocycles. The fourth-order valence-corrected chi connectivity index (χ4v) is 2.45. The average Bonchev–Trinajstić information content (AvgIpc) is 2.86. The Morgan fingerprint density at radius 3 is 2.71 bits per heavy atom. The zero-order valence-corrected chi connectivity index (χ0v) is 8.29. The lowest BCUT2D eigenvalue weighted by Crippen LogP contribution is -1.86. The van der Waals surface area contributed by atoms with Crippen LogP contribution in [0.2, 0.25) is 0 Å². The van der Waals surface area contributed by atoms with Gasteiger partial charge in [0.25, 0.3) is 0 Å². The van der Waals surface area contributed by atoms with E-state index in [9.17, 15) is 0 Å². The second-order valence-electron chi connectivity index (χ2n) is 4.17. The lowest BCUT2D eigenvalue weighted by atomic mass is 10.0. The molecule has 1 aromatic rings. The Morgan fingerprint density at radius 2 is 1.93 bits per heavy atom. The molecule has 0 aromatic heterocycles. The van der Waals surface area contributed by atoms with Gasteiger partial charge in [0, 0.05) is 0 Å². The van der Waals surface area contributed by atoms with Crippen LogP contribution in [0.3, 0.4) is 0 Å². The molecule has 0 nitrogen and oxygen atoms in total. The number of hydrogen-bond acceptors (Lipinski definition) is 0. The standard InChI is InChI=1S/C14H14/c1-2-6-11(5-1)14-9-12-7-3-4-8-13(12)10-14/h3-5,7-9H,1-2,6,10H2. The van der Waals surface area contributed by atoms with Crippen molar-refractivity contribution < 1.29 is 0 Å². The van der Waals surface area contributed by atoms with Crippen LogP contribution in [-0.4, -0.2) is 0 Å². The van der Waals surface area contributed by atoms with E-state index in [0.29, 0.717) is 0 Å². The van der Waals surface area contributed by atoms with Gasteiger partial charge in [-0.2, -0.15) is 0 Å². The normalized spacial score (nSPS) is 19.1. The van der Waals surface area contributed by atoms with Gasteiger partial charge in [0.1, 0.15) is 0 Å². The molecule has 0 amide bonds. The molecule has 0 atom stereocenters. The van der Waals surface area contributed by atoms with Crippen LogP contribution in [0.15, 0.2) is 41.5 Å². The maximum absolute atomic E-state index is 2.41. The summed E-state index contributed by atoms with van der Waals surface area (Å²) in [7, 11) is 0. The molecule has 70 valence electrons. The van der Waals surface area contributed by atoms with Gasteiger partial charge in [-0.05, 0) is 48.0 Å². The van der Waals surface area contributed by atoms with E-state index in [2.05, 4.69) is 36.4 Å². The SMILES string of the molecule is C1=C(C2=Cc3ccccc3C2)CCC1. The number of hydrogen-bond donors (Lipinski definition) is 0. The molecule has 0 unspecified atom stereocenters. The van der Waals surface area contributed by atoms with Crippen molar-refractivity contribution in [1.82, 2.24) is 0 Å². The summed E-state index contributed by atoms with van der Waals surface area (Å²) in [6.07, 6.45) is 9.86. The highest BCUT2D eigenvalue weighted by Gasteiger charge is 2.16. The molecule has 0 heterocycles. The fourth-order valence-electron chi connectivity index (χ4n) is 2.45. The van der Waals surface area contributed by atoms with E-state index in [4.69, 9.17) is 0 Å². The molecule has 0 spiro atoms. The van der Waals surface area contributed by atoms with E-state index in [-0.39, 0.29) is 0 Å². The maximum atomic E-state index is 2.41. The van der Waals surface area contributed by atoms with Crippen molar-refractivity contribution in [2.75, 3.05) is 0 Å². The summed E-state index contributed by atoms with van der Waals surface area (Å²) in [5, 5.41) is 0. The smallest absolute Gasteiger partial charge is 0.00170 e. The third-order valence-electron chi connectivity index (χ3n) is 3.22. The summed E-state index contributed by atoms with van der Waals surface area (Å²) >= 11 is 0. The molecule has 3 rings (SSSR count). The predicted octanol–water partition coefficient (Wildman–Crippen LogP) is 3.74. The van der Waals surface area contributed by atoms with Crippen LogP contribution in [0.25, 0.3) is 6.08 Å². The van der Waals surface area contributed by atoms with E-state index in [1.807, 2.05) is 0 Å². The Bertz CT molecular complexity index is 421. The molecule has 0 saturated heterocycles. The van der Waals surface area contributed by atoms with Crippen molar-refractivity contribution in [3.05, 3.63) is 52.6 Å². The molecule has 0 fully saturated rings. The van der Waals surface area contributed by atoms with Gasteiger partial charge in [0.05, 0.1) is 0 Å². The van der Waals surface area contributed by atoms with Crippen LogP contribution >= 0.6 is 0 Å². The molecular weight excluding hydrogens is 168 g/mol. The molecular formula is C14H14. The first kappa shape index (κ1) is 8.05. The van der Waals surface area contributed by atoms with Crippen molar-refractivity contribution in [3.8, 4) is 0 Å². The Labute approximate surface area is 85.0 Å². The third kappa shape index (κ3) is 1.22. The Hall–Kier alpha value is -1.30. The predicted molar refractivity (Wildman–Crippen MR) is 60.1 cm³/mol. The highest BCUT2D eigenvalue weighted by molar-refractivity contribution is 5.68. The van der Waals surface area contributed by atoms with Gasteiger partial charge in [-0.3, -0.25) is 0 Å². The van der Waals surface area contributed by atoms with Crippen LogP contribution in [-0.2, 0) is 6.42 Å². The molecule has 0 radical (unpaired) electrons. The van der Waals surface area contributed by atoms with Crippen molar-refractivity contribution in [2.45, 2.75) is 25.7 Å². The van der Waals surface area contributed by atoms with Gasteiger partial charge >= 0.3 is 0 Å². The first-order chi connectivity index (χ1) is 6.93. The zero-order chi connectivity index (χ0) is 9.38. The zero-order valence-electron chi connectivity index (χ0n) is 8.29. The minimum atomic E-state index is 1.15. The molecule has 14 heavy (non-hydrogen) atoms. The largest absolute Gasteiger partial charge is 0.0810 e. The van der Waals surface area contributed by atoms with Crippen LogP contribution in [0.5, 0.6) is 0 Å². The van der Waals surface area contributed by atoms with E-state index >= 15 is 0 Å². The lowest BCUT2D eigenvalue weighted by Gasteiger charge is -2.01. The molecule has 2 aliphatic carbocycles. The average molecular weight is 182 g/mol. The van der Waals surface area contributed by atoms with Gasteiger partial charge in [0.2, 0.25) is 0 Å². The maximum Gasteiger partial charge on any atom is -0.00170 e. The van der Waals surface area contributed by atoms with Crippen LogP contribution in [0.1, 0.15) is 30.4 Å². The minimum absolute atomic E-state index is 1.15. The first-order valence-corrected chi connectivity index (χ1v) is 5.41. The monoisotopic (exact) mass is 182 g/mol. The summed E-state index contributed by atoms with van der Waals surface area (Å²) in [6, 6.07) is 8.73. The Kier molecular flexibility index (Phi) is 1.80. The number of allylic oxidation sites excluding steroid dienone is 3. The number of fused-ring (bicyclic) bond motifs is 1. The summed E-state index contributed by atoms with van der Waals surface area (Å²) in [5.74, 6) is 0. The molecule has 0 saturated carbocycles. The molecule has 2 aliphatic rings. The van der Waals surface area contributed by atoms with E-state index in [0.717, 1.165) is 6.42 Å². The van der Waals surface area contributed by atoms with Gasteiger partial charge < -0.3 is 0 Å². The van der Waals surface area contributed by atoms with Crippen LogP contribution < -0.4 is 0 Å².